The van der Waals surface area contributed by atoms with Crippen LogP contribution in [0.2, 0.25) is 4.82 Å². The molecule has 1 amide bonds. The third kappa shape index (κ3) is 3.68. The Kier molecular flexibility index (Phi) is 5.19. The number of carbonyl (C=O) groups excluding carboxylic acids is 1. The van der Waals surface area contributed by atoms with Crippen molar-refractivity contribution in [2.45, 2.75) is 37.9 Å². The SMILES string of the molecule is Cc1cccc(C)c1N1CCCCC([Se]c2ccccc2)C1=O. The first-order valence-electron chi connectivity index (χ1n) is 8.26. The van der Waals surface area contributed by atoms with Crippen molar-refractivity contribution in [2.24, 2.45) is 0 Å². The van der Waals surface area contributed by atoms with Gasteiger partial charge in [-0.25, -0.2) is 0 Å². The standard InChI is InChI=1S/C20H23NOSe/c1-15-9-8-10-16(2)19(15)21-14-7-6-13-18(20(21)22)23-17-11-4-3-5-12-17/h3-5,8-12,18H,6-7,13-14H2,1-2H3. The van der Waals surface area contributed by atoms with Crippen LogP contribution in [-0.4, -0.2) is 27.4 Å². The van der Waals surface area contributed by atoms with Gasteiger partial charge in [0.1, 0.15) is 0 Å². The van der Waals surface area contributed by atoms with Gasteiger partial charge in [0.25, 0.3) is 0 Å². The van der Waals surface area contributed by atoms with Crippen molar-refractivity contribution in [2.75, 3.05) is 11.4 Å². The van der Waals surface area contributed by atoms with E-state index in [1.165, 1.54) is 15.6 Å². The molecule has 1 fully saturated rings. The molecule has 0 spiro atoms. The van der Waals surface area contributed by atoms with E-state index >= 15 is 0 Å². The molecule has 0 N–H and O–H groups in total. The van der Waals surface area contributed by atoms with Gasteiger partial charge < -0.3 is 0 Å². The summed E-state index contributed by atoms with van der Waals surface area (Å²) in [4.78, 5) is 15.4. The molecule has 2 aromatic rings. The first-order chi connectivity index (χ1) is 11.2. The molecule has 1 heterocycles. The minimum atomic E-state index is 0.159. The molecule has 2 aromatic carbocycles. The second-order valence-electron chi connectivity index (χ2n) is 6.15. The summed E-state index contributed by atoms with van der Waals surface area (Å²) in [6.07, 6.45) is 3.27. The molecule has 1 aliphatic rings. The second-order valence-corrected chi connectivity index (χ2v) is 8.82. The van der Waals surface area contributed by atoms with Crippen molar-refractivity contribution in [3.05, 3.63) is 59.7 Å². The number of benzene rings is 2. The average Bonchev–Trinajstić information content (AvgIpc) is 2.72. The van der Waals surface area contributed by atoms with Gasteiger partial charge >= 0.3 is 145 Å². The Balaban J connectivity index is 1.88. The molecule has 0 aromatic heterocycles. The Morgan fingerprint density at radius 2 is 1.65 bits per heavy atom. The molecule has 2 nitrogen and oxygen atoms in total. The first kappa shape index (κ1) is 16.3. The van der Waals surface area contributed by atoms with Crippen LogP contribution >= 0.6 is 0 Å². The second kappa shape index (κ2) is 7.33. The number of nitrogens with zero attached hydrogens (tertiary/aromatic N) is 1. The first-order valence-corrected chi connectivity index (χ1v) is 10.1. The maximum absolute atomic E-state index is 13.2. The zero-order chi connectivity index (χ0) is 16.2. The quantitative estimate of drug-likeness (QED) is 0.754. The minimum absolute atomic E-state index is 0.159. The van der Waals surface area contributed by atoms with Gasteiger partial charge in [0.2, 0.25) is 0 Å². The predicted molar refractivity (Wildman–Crippen MR) is 97.7 cm³/mol. The monoisotopic (exact) mass is 373 g/mol. The summed E-state index contributed by atoms with van der Waals surface area (Å²) in [6.45, 7) is 5.07. The predicted octanol–water partition coefficient (Wildman–Crippen LogP) is 3.64. The van der Waals surface area contributed by atoms with Crippen LogP contribution in [0.15, 0.2) is 48.5 Å². The van der Waals surface area contributed by atoms with E-state index in [2.05, 4.69) is 61.2 Å². The maximum atomic E-state index is 13.2. The van der Waals surface area contributed by atoms with E-state index in [4.69, 9.17) is 0 Å². The number of hydrogen-bond acceptors (Lipinski definition) is 1. The average molecular weight is 372 g/mol. The van der Waals surface area contributed by atoms with Crippen LogP contribution in [0.5, 0.6) is 0 Å². The molecular formula is C20H23NOSe. The number of carbonyl (C=O) groups is 1. The molecule has 1 unspecified atom stereocenters. The summed E-state index contributed by atoms with van der Waals surface area (Å²) in [7, 11) is 0. The molecule has 0 aliphatic carbocycles. The molecule has 3 rings (SSSR count). The third-order valence-electron chi connectivity index (χ3n) is 4.37. The summed E-state index contributed by atoms with van der Waals surface area (Å²) in [5, 5.41) is 0. The van der Waals surface area contributed by atoms with Gasteiger partial charge in [-0.1, -0.05) is 0 Å². The van der Waals surface area contributed by atoms with Crippen LogP contribution in [-0.2, 0) is 4.79 Å². The number of aryl methyl sites for hydroxylation is 2. The number of amides is 1. The molecule has 3 heteroatoms. The molecule has 0 saturated carbocycles. The fraction of sp³-hybridized carbons (Fsp3) is 0.350. The molecule has 1 atom stereocenters. The fourth-order valence-corrected chi connectivity index (χ4v) is 5.66. The van der Waals surface area contributed by atoms with Crippen LogP contribution in [0, 0.1) is 13.8 Å². The fourth-order valence-electron chi connectivity index (χ4n) is 3.23. The summed E-state index contributed by atoms with van der Waals surface area (Å²) in [6, 6.07) is 16.8. The Morgan fingerprint density at radius 3 is 2.35 bits per heavy atom. The van der Waals surface area contributed by atoms with E-state index < -0.39 is 0 Å². The Labute approximate surface area is 145 Å². The van der Waals surface area contributed by atoms with Crippen LogP contribution in [0.4, 0.5) is 5.69 Å². The molecule has 1 saturated heterocycles. The topological polar surface area (TPSA) is 20.3 Å². The van der Waals surface area contributed by atoms with Crippen LogP contribution in [0.1, 0.15) is 30.4 Å². The van der Waals surface area contributed by atoms with E-state index in [9.17, 15) is 4.79 Å². The van der Waals surface area contributed by atoms with Crippen molar-refractivity contribution < 1.29 is 4.79 Å². The van der Waals surface area contributed by atoms with E-state index in [1.54, 1.807) is 0 Å². The van der Waals surface area contributed by atoms with Gasteiger partial charge in [0.15, 0.2) is 0 Å². The Hall–Kier alpha value is -1.57. The van der Waals surface area contributed by atoms with Crippen molar-refractivity contribution in [3.63, 3.8) is 0 Å². The van der Waals surface area contributed by atoms with Crippen molar-refractivity contribution >= 4 is 31.0 Å². The molecule has 0 radical (unpaired) electrons. The summed E-state index contributed by atoms with van der Waals surface area (Å²) in [5.41, 5.74) is 3.53. The number of hydrogen-bond donors (Lipinski definition) is 0. The number of para-hydroxylation sites is 1. The van der Waals surface area contributed by atoms with Crippen LogP contribution in [0.25, 0.3) is 0 Å². The van der Waals surface area contributed by atoms with Gasteiger partial charge in [0.05, 0.1) is 0 Å². The van der Waals surface area contributed by atoms with Gasteiger partial charge in [0, 0.05) is 0 Å². The molecule has 0 bridgehead atoms. The Morgan fingerprint density at radius 1 is 0.957 bits per heavy atom. The van der Waals surface area contributed by atoms with Gasteiger partial charge in [-0.15, -0.1) is 0 Å². The van der Waals surface area contributed by atoms with Crippen molar-refractivity contribution in [1.29, 1.82) is 0 Å². The van der Waals surface area contributed by atoms with Crippen LogP contribution < -0.4 is 9.36 Å². The summed E-state index contributed by atoms with van der Waals surface area (Å²) in [5.74, 6) is 0.323. The Bertz CT molecular complexity index is 663. The van der Waals surface area contributed by atoms with Crippen molar-refractivity contribution in [1.82, 2.24) is 0 Å². The van der Waals surface area contributed by atoms with Crippen LogP contribution in [0.3, 0.4) is 0 Å². The normalized spacial score (nSPS) is 18.8. The van der Waals surface area contributed by atoms with E-state index in [0.717, 1.165) is 31.5 Å². The zero-order valence-electron chi connectivity index (χ0n) is 13.8. The van der Waals surface area contributed by atoms with E-state index in [0.29, 0.717) is 5.91 Å². The summed E-state index contributed by atoms with van der Waals surface area (Å²) >= 11 is 0.206. The molecule has 120 valence electrons. The zero-order valence-corrected chi connectivity index (χ0v) is 15.5. The van der Waals surface area contributed by atoms with Gasteiger partial charge in [-0.05, 0) is 0 Å². The molecular weight excluding hydrogens is 349 g/mol. The van der Waals surface area contributed by atoms with Gasteiger partial charge in [-0.2, -0.15) is 0 Å². The molecule has 23 heavy (non-hydrogen) atoms. The number of rotatable bonds is 3. The van der Waals surface area contributed by atoms with Crippen molar-refractivity contribution in [3.8, 4) is 0 Å². The van der Waals surface area contributed by atoms with Gasteiger partial charge in [-0.3, -0.25) is 0 Å². The molecule has 1 aliphatic heterocycles. The van der Waals surface area contributed by atoms with E-state index in [-0.39, 0.29) is 19.8 Å². The van der Waals surface area contributed by atoms with E-state index in [1.807, 2.05) is 6.07 Å². The third-order valence-corrected chi connectivity index (χ3v) is 7.03. The number of anilines is 1. The summed E-state index contributed by atoms with van der Waals surface area (Å²) < 4.78 is 1.32.